The first-order chi connectivity index (χ1) is 17.5. The van der Waals surface area contributed by atoms with Crippen LogP contribution in [0.4, 0.5) is 5.69 Å². The van der Waals surface area contributed by atoms with E-state index in [0.717, 1.165) is 11.4 Å². The van der Waals surface area contributed by atoms with Crippen LogP contribution in [0, 0.1) is 6.92 Å². The minimum absolute atomic E-state index is 0.0959. The molecule has 0 radical (unpaired) electrons. The van der Waals surface area contributed by atoms with Gasteiger partial charge in [-0.25, -0.2) is 0 Å². The van der Waals surface area contributed by atoms with E-state index >= 15 is 0 Å². The Bertz CT molecular complexity index is 1510. The summed E-state index contributed by atoms with van der Waals surface area (Å²) in [5, 5.41) is 0.462. The van der Waals surface area contributed by atoms with Gasteiger partial charge in [-0.3, -0.25) is 4.67 Å². The van der Waals surface area contributed by atoms with Crippen molar-refractivity contribution in [1.29, 1.82) is 0 Å². The van der Waals surface area contributed by atoms with Crippen LogP contribution in [0.2, 0.25) is 5.02 Å². The normalized spacial score (nSPS) is 20.6. The van der Waals surface area contributed by atoms with Crippen LogP contribution >= 0.6 is 18.8 Å². The number of benzene rings is 2. The second-order valence-corrected chi connectivity index (χ2v) is 14.9. The van der Waals surface area contributed by atoms with Gasteiger partial charge in [0.2, 0.25) is 0 Å². The molecule has 7 nitrogen and oxygen atoms in total. The molecule has 1 saturated heterocycles. The van der Waals surface area contributed by atoms with Gasteiger partial charge in [0.05, 0.1) is 18.1 Å². The van der Waals surface area contributed by atoms with Gasteiger partial charge < -0.3 is 14.1 Å². The molecule has 1 aromatic heterocycles. The van der Waals surface area contributed by atoms with Crippen LogP contribution in [0.1, 0.15) is 25.2 Å². The molecule has 1 fully saturated rings. The first-order valence-electron chi connectivity index (χ1n) is 12.2. The van der Waals surface area contributed by atoms with Crippen molar-refractivity contribution in [2.24, 2.45) is 4.15 Å². The molecule has 0 saturated carbocycles. The highest BCUT2D eigenvalue weighted by atomic mass is 35.5. The van der Waals surface area contributed by atoms with Crippen LogP contribution in [0.15, 0.2) is 85.6 Å². The largest absolute Gasteiger partial charge is 0.458 e. The summed E-state index contributed by atoms with van der Waals surface area (Å²) in [4.78, 5) is 2.24. The van der Waals surface area contributed by atoms with Crippen molar-refractivity contribution in [2.75, 3.05) is 38.3 Å². The lowest BCUT2D eigenvalue weighted by molar-refractivity contribution is 0.0748. The lowest BCUT2D eigenvalue weighted by atomic mass is 9.84. The molecule has 196 valence electrons. The molecule has 2 aliphatic heterocycles. The molecule has 3 aromatic rings. The zero-order valence-electron chi connectivity index (χ0n) is 21.4. The van der Waals surface area contributed by atoms with Gasteiger partial charge in [-0.05, 0) is 60.8 Å². The van der Waals surface area contributed by atoms with Crippen LogP contribution < -0.4 is 10.4 Å². The maximum absolute atomic E-state index is 13.9. The highest BCUT2D eigenvalue weighted by molar-refractivity contribution is 7.95. The quantitative estimate of drug-likeness (QED) is 0.358. The second-order valence-electron chi connectivity index (χ2n) is 9.83. The van der Waals surface area contributed by atoms with Crippen molar-refractivity contribution >= 4 is 40.0 Å². The number of nitrogens with zero attached hydrogens (tertiary/aromatic N) is 3. The molecule has 1 atom stereocenters. The molecule has 2 aromatic carbocycles. The molecular weight excluding hydrogens is 529 g/mol. The van der Waals surface area contributed by atoms with E-state index in [9.17, 15) is 8.42 Å². The lowest BCUT2D eigenvalue weighted by Gasteiger charge is -2.37. The lowest BCUT2D eigenvalue weighted by Crippen LogP contribution is -2.37. The maximum Gasteiger partial charge on any atom is 0.282 e. The number of furan rings is 1. The fourth-order valence-electron chi connectivity index (χ4n) is 5.07. The number of hydrogen-bond acceptors (Lipinski definition) is 5. The number of anilines is 1. The predicted molar refractivity (Wildman–Crippen MR) is 149 cm³/mol. The van der Waals surface area contributed by atoms with Gasteiger partial charge in [0.1, 0.15) is 13.0 Å². The Kier molecular flexibility index (Phi) is 6.92. The van der Waals surface area contributed by atoms with Gasteiger partial charge in [0.15, 0.2) is 5.50 Å². The molecule has 37 heavy (non-hydrogen) atoms. The van der Waals surface area contributed by atoms with Crippen LogP contribution in [0.5, 0.6) is 0 Å². The number of ether oxygens (including phenoxy) is 1. The molecular formula is C27H31ClN3O4PS. The molecule has 10 heteroatoms. The Labute approximate surface area is 223 Å². The van der Waals surface area contributed by atoms with Gasteiger partial charge in [0, 0.05) is 42.0 Å². The van der Waals surface area contributed by atoms with Crippen molar-refractivity contribution in [2.45, 2.75) is 31.1 Å². The molecule has 0 bridgehead atoms. The molecule has 5 rings (SSSR count). The van der Waals surface area contributed by atoms with Crippen molar-refractivity contribution in [3.05, 3.63) is 88.5 Å². The van der Waals surface area contributed by atoms with Crippen molar-refractivity contribution in [3.8, 4) is 0 Å². The number of aryl methyl sites for hydroxylation is 1. The van der Waals surface area contributed by atoms with Gasteiger partial charge in [0.25, 0.3) is 10.0 Å². The smallest absolute Gasteiger partial charge is 0.282 e. The maximum atomic E-state index is 13.9. The fraction of sp³-hybridized carbons (Fsp3) is 0.333. The van der Waals surface area contributed by atoms with E-state index in [4.69, 9.17) is 24.9 Å². The van der Waals surface area contributed by atoms with Crippen molar-refractivity contribution in [3.63, 3.8) is 0 Å². The molecule has 0 aliphatic carbocycles. The van der Waals surface area contributed by atoms with Crippen LogP contribution in [0.25, 0.3) is 0 Å². The van der Waals surface area contributed by atoms with E-state index in [0.29, 0.717) is 42.6 Å². The number of rotatable bonds is 5. The average molecular weight is 560 g/mol. The first kappa shape index (κ1) is 26.3. The van der Waals surface area contributed by atoms with Crippen LogP contribution in [0.3, 0.4) is 0 Å². The summed E-state index contributed by atoms with van der Waals surface area (Å²) in [5.41, 5.74) is 3.44. The van der Waals surface area contributed by atoms with Crippen LogP contribution in [-0.4, -0.2) is 46.4 Å². The number of sulfonamides is 1. The standard InChI is InChI=1S/C27H31ClN3O4PS/c1-20-9-14-26(35-20)36(31-15-17-34-18-16-31,29-37(32,33)22-12-10-21(28)11-13-22)19-25-27(2,3)23-7-5-6-8-24(23)30(25)4/h5-14,19H,15-18H2,1-4H3. The van der Waals surface area contributed by atoms with Crippen molar-refractivity contribution < 1.29 is 17.6 Å². The summed E-state index contributed by atoms with van der Waals surface area (Å²) in [5.74, 6) is 2.77. The SMILES string of the molecule is Cc1ccc(P(C=C2N(C)c3ccccc3C2(C)C)(=NS(=O)(=O)c2ccc(Cl)cc2)N2CCOCC2)o1. The van der Waals surface area contributed by atoms with E-state index in [1.54, 1.807) is 12.1 Å². The average Bonchev–Trinajstić information content (AvgIpc) is 3.40. The fourth-order valence-corrected chi connectivity index (χ4v) is 11.0. The van der Waals surface area contributed by atoms with E-state index < -0.39 is 17.2 Å². The summed E-state index contributed by atoms with van der Waals surface area (Å²) in [6.45, 7) is 8.23. The minimum Gasteiger partial charge on any atom is -0.458 e. The molecule has 1 unspecified atom stereocenters. The van der Waals surface area contributed by atoms with Gasteiger partial charge >= 0.3 is 0 Å². The molecule has 2 aliphatic rings. The third kappa shape index (κ3) is 4.70. The number of morpholine rings is 1. The van der Waals surface area contributed by atoms with Gasteiger partial charge in [-0.15, -0.1) is 0 Å². The predicted octanol–water partition coefficient (Wildman–Crippen LogP) is 5.97. The molecule has 3 heterocycles. The Balaban J connectivity index is 1.83. The Morgan fingerprint density at radius 1 is 1.03 bits per heavy atom. The first-order valence-corrected chi connectivity index (χ1v) is 15.7. The van der Waals surface area contributed by atoms with E-state index in [1.165, 1.54) is 17.7 Å². The summed E-state index contributed by atoms with van der Waals surface area (Å²) in [7, 11) is -5.16. The Morgan fingerprint density at radius 2 is 1.70 bits per heavy atom. The third-order valence-corrected chi connectivity index (χ3v) is 12.8. The topological polar surface area (TPSA) is 75.4 Å². The number of allylic oxidation sites excluding steroid dienone is 1. The number of likely N-dealkylation sites (N-methyl/N-ethyl adjacent to an activating group) is 1. The molecule has 0 N–H and O–H groups in total. The number of hydrogen-bond donors (Lipinski definition) is 0. The number of para-hydroxylation sites is 1. The second kappa shape index (κ2) is 9.75. The minimum atomic E-state index is -4.08. The molecule has 0 spiro atoms. The highest BCUT2D eigenvalue weighted by Gasteiger charge is 2.43. The zero-order valence-corrected chi connectivity index (χ0v) is 23.9. The van der Waals surface area contributed by atoms with Gasteiger partial charge in [-0.2, -0.15) is 12.6 Å². The van der Waals surface area contributed by atoms with E-state index in [-0.39, 0.29) is 10.3 Å². The summed E-state index contributed by atoms with van der Waals surface area (Å²) >= 11 is 6.05. The van der Waals surface area contributed by atoms with E-state index in [1.807, 2.05) is 38.2 Å². The highest BCUT2D eigenvalue weighted by Crippen LogP contribution is 2.60. The number of halogens is 1. The Hall–Kier alpha value is -2.35. The zero-order chi connectivity index (χ0) is 26.4. The summed E-state index contributed by atoms with van der Waals surface area (Å²) in [6, 6.07) is 18.1. The number of fused-ring (bicyclic) bond motifs is 1. The summed E-state index contributed by atoms with van der Waals surface area (Å²) in [6.07, 6.45) is 0. The Morgan fingerprint density at radius 3 is 2.32 bits per heavy atom. The van der Waals surface area contributed by atoms with Gasteiger partial charge in [-0.1, -0.05) is 43.6 Å². The van der Waals surface area contributed by atoms with Crippen molar-refractivity contribution in [1.82, 2.24) is 4.67 Å². The van der Waals surface area contributed by atoms with E-state index in [2.05, 4.69) is 41.4 Å². The summed E-state index contributed by atoms with van der Waals surface area (Å²) < 4.78 is 46.6. The van der Waals surface area contributed by atoms with Crippen LogP contribution in [-0.2, 0) is 20.2 Å². The molecule has 0 amide bonds. The monoisotopic (exact) mass is 559 g/mol. The third-order valence-electron chi connectivity index (χ3n) is 7.06.